The number of benzene rings is 1. The quantitative estimate of drug-likeness (QED) is 0.727. The van der Waals surface area contributed by atoms with E-state index in [0.717, 1.165) is 49.0 Å². The monoisotopic (exact) mass is 385 g/mol. The second-order valence-electron chi connectivity index (χ2n) is 7.44. The number of rotatable bonds is 5. The average Bonchev–Trinajstić information content (AvgIpc) is 2.79. The molecule has 0 aliphatic heterocycles. The third-order valence-corrected chi connectivity index (χ3v) is 5.49. The summed E-state index contributed by atoms with van der Waals surface area (Å²) in [4.78, 5) is 16.4. The zero-order chi connectivity index (χ0) is 20.1. The lowest BCUT2D eigenvalue weighted by Gasteiger charge is -2.30. The van der Waals surface area contributed by atoms with Gasteiger partial charge >= 0.3 is 0 Å². The van der Waals surface area contributed by atoms with E-state index in [-0.39, 0.29) is 11.6 Å². The summed E-state index contributed by atoms with van der Waals surface area (Å²) in [5.74, 6) is 0. The first kappa shape index (κ1) is 19.0. The van der Waals surface area contributed by atoms with Crippen molar-refractivity contribution < 1.29 is 0 Å². The van der Waals surface area contributed by atoms with Crippen LogP contribution in [0, 0.1) is 11.3 Å². The highest BCUT2D eigenvalue weighted by Crippen LogP contribution is 2.28. The number of nitrogens with one attached hydrogen (secondary N) is 1. The van der Waals surface area contributed by atoms with E-state index >= 15 is 0 Å². The molecule has 0 spiro atoms. The molecule has 2 heterocycles. The summed E-state index contributed by atoms with van der Waals surface area (Å²) in [6.45, 7) is 0.751. The summed E-state index contributed by atoms with van der Waals surface area (Å²) in [5.41, 5.74) is 3.52. The predicted molar refractivity (Wildman–Crippen MR) is 111 cm³/mol. The molecule has 3 aromatic rings. The van der Waals surface area contributed by atoms with Crippen molar-refractivity contribution in [2.45, 2.75) is 44.3 Å². The van der Waals surface area contributed by atoms with Gasteiger partial charge in [-0.1, -0.05) is 12.1 Å². The minimum absolute atomic E-state index is 0.0486. The van der Waals surface area contributed by atoms with Crippen molar-refractivity contribution in [2.75, 3.05) is 0 Å². The number of pyridine rings is 1. The summed E-state index contributed by atoms with van der Waals surface area (Å²) in [6, 6.07) is 17.6. The van der Waals surface area contributed by atoms with Crippen LogP contribution in [0.15, 0.2) is 65.7 Å². The molecule has 4 rings (SSSR count). The Balaban J connectivity index is 1.38. The molecular weight excluding hydrogens is 362 g/mol. The highest BCUT2D eigenvalue weighted by atomic mass is 16.1. The Morgan fingerprint density at radius 1 is 1.07 bits per heavy atom. The Morgan fingerprint density at radius 3 is 2.62 bits per heavy atom. The van der Waals surface area contributed by atoms with E-state index in [9.17, 15) is 4.79 Å². The predicted octanol–water partition coefficient (Wildman–Crippen LogP) is 3.45. The van der Waals surface area contributed by atoms with E-state index < -0.39 is 0 Å². The van der Waals surface area contributed by atoms with Crippen LogP contribution in [0.3, 0.4) is 0 Å². The van der Waals surface area contributed by atoms with Crippen molar-refractivity contribution in [1.29, 1.82) is 5.26 Å². The first-order chi connectivity index (χ1) is 14.2. The second kappa shape index (κ2) is 8.80. The Kier molecular flexibility index (Phi) is 5.78. The number of hydrogen-bond donors (Lipinski definition) is 1. The van der Waals surface area contributed by atoms with Crippen LogP contribution in [0.25, 0.3) is 11.3 Å². The molecule has 29 heavy (non-hydrogen) atoms. The Bertz CT molecular complexity index is 1060. The van der Waals surface area contributed by atoms with Gasteiger partial charge in [0.15, 0.2) is 0 Å². The van der Waals surface area contributed by atoms with E-state index in [2.05, 4.69) is 21.5 Å². The number of nitriles is 1. The van der Waals surface area contributed by atoms with Crippen molar-refractivity contribution in [1.82, 2.24) is 20.1 Å². The fraction of sp³-hybridized carbons (Fsp3) is 0.304. The van der Waals surface area contributed by atoms with Gasteiger partial charge in [0.05, 0.1) is 23.4 Å². The molecule has 0 amide bonds. The maximum absolute atomic E-state index is 12.4. The lowest BCUT2D eigenvalue weighted by molar-refractivity contribution is 0.269. The van der Waals surface area contributed by atoms with Crippen molar-refractivity contribution in [3.05, 3.63) is 82.4 Å². The molecule has 6 nitrogen and oxygen atoms in total. The molecule has 0 atom stereocenters. The average molecular weight is 385 g/mol. The van der Waals surface area contributed by atoms with Crippen LogP contribution >= 0.6 is 0 Å². The minimum Gasteiger partial charge on any atom is -0.310 e. The molecule has 0 bridgehead atoms. The fourth-order valence-corrected chi connectivity index (χ4v) is 3.90. The van der Waals surface area contributed by atoms with E-state index in [0.29, 0.717) is 11.6 Å². The van der Waals surface area contributed by atoms with Crippen molar-refractivity contribution >= 4 is 0 Å². The van der Waals surface area contributed by atoms with Crippen LogP contribution in [0.1, 0.15) is 42.9 Å². The van der Waals surface area contributed by atoms with Crippen molar-refractivity contribution in [3.63, 3.8) is 0 Å². The summed E-state index contributed by atoms with van der Waals surface area (Å²) in [6.07, 6.45) is 7.29. The maximum atomic E-state index is 12.4. The van der Waals surface area contributed by atoms with Crippen molar-refractivity contribution in [2.24, 2.45) is 0 Å². The second-order valence-corrected chi connectivity index (χ2v) is 7.44. The normalized spacial score (nSPS) is 18.9. The van der Waals surface area contributed by atoms with Crippen LogP contribution in [0.2, 0.25) is 0 Å². The molecule has 146 valence electrons. The van der Waals surface area contributed by atoms with E-state index in [1.54, 1.807) is 29.2 Å². The van der Waals surface area contributed by atoms with Crippen molar-refractivity contribution in [3.8, 4) is 17.3 Å². The topological polar surface area (TPSA) is 83.6 Å². The van der Waals surface area contributed by atoms with Gasteiger partial charge in [0, 0.05) is 36.6 Å². The third kappa shape index (κ3) is 4.58. The van der Waals surface area contributed by atoms with Gasteiger partial charge in [0.2, 0.25) is 0 Å². The van der Waals surface area contributed by atoms with Gasteiger partial charge < -0.3 is 5.32 Å². The van der Waals surface area contributed by atoms with Crippen LogP contribution < -0.4 is 10.9 Å². The molecular formula is C23H23N5O. The summed E-state index contributed by atoms with van der Waals surface area (Å²) < 4.78 is 1.66. The zero-order valence-corrected chi connectivity index (χ0v) is 16.2. The highest BCUT2D eigenvalue weighted by Gasteiger charge is 2.23. The van der Waals surface area contributed by atoms with E-state index in [1.807, 2.05) is 36.4 Å². The molecule has 1 saturated carbocycles. The zero-order valence-electron chi connectivity index (χ0n) is 16.2. The fourth-order valence-electron chi connectivity index (χ4n) is 3.90. The molecule has 1 aliphatic carbocycles. The van der Waals surface area contributed by atoms with Gasteiger partial charge in [-0.3, -0.25) is 9.78 Å². The van der Waals surface area contributed by atoms with E-state index in [4.69, 9.17) is 5.26 Å². The first-order valence-corrected chi connectivity index (χ1v) is 9.95. The van der Waals surface area contributed by atoms with Gasteiger partial charge in [0.25, 0.3) is 5.56 Å². The SMILES string of the molecule is N#Cc1cccc(CNC2CCC(n3nc(-c4ccncc4)ccc3=O)CC2)c1. The lowest BCUT2D eigenvalue weighted by Crippen LogP contribution is -2.36. The standard InChI is InChI=1S/C23H23N5O/c24-15-17-2-1-3-18(14-17)16-26-20-4-6-21(7-5-20)28-23(29)9-8-22(27-28)19-10-12-25-13-11-19/h1-3,8-14,20-21,26H,4-7,16H2. The number of aromatic nitrogens is 3. The van der Waals surface area contributed by atoms with Gasteiger partial charge in [-0.05, 0) is 61.6 Å². The Morgan fingerprint density at radius 2 is 1.86 bits per heavy atom. The number of nitrogens with zero attached hydrogens (tertiary/aromatic N) is 4. The summed E-state index contributed by atoms with van der Waals surface area (Å²) in [5, 5.41) is 17.2. The highest BCUT2D eigenvalue weighted by molar-refractivity contribution is 5.57. The van der Waals surface area contributed by atoms with Crippen LogP contribution in [-0.2, 0) is 6.54 Å². The molecule has 0 unspecified atom stereocenters. The molecule has 0 radical (unpaired) electrons. The molecule has 0 saturated heterocycles. The van der Waals surface area contributed by atoms with E-state index in [1.165, 1.54) is 0 Å². The summed E-state index contributed by atoms with van der Waals surface area (Å²) in [7, 11) is 0. The molecule has 6 heteroatoms. The van der Waals surface area contributed by atoms with Gasteiger partial charge in [-0.15, -0.1) is 0 Å². The van der Waals surface area contributed by atoms with Crippen LogP contribution in [0.4, 0.5) is 0 Å². The molecule has 2 aromatic heterocycles. The van der Waals surface area contributed by atoms with Crippen LogP contribution in [0.5, 0.6) is 0 Å². The Labute approximate surface area is 169 Å². The maximum Gasteiger partial charge on any atom is 0.267 e. The molecule has 1 aliphatic rings. The van der Waals surface area contributed by atoms with Gasteiger partial charge in [-0.2, -0.15) is 10.4 Å². The summed E-state index contributed by atoms with van der Waals surface area (Å²) >= 11 is 0. The van der Waals surface area contributed by atoms with Gasteiger partial charge in [-0.25, -0.2) is 4.68 Å². The largest absolute Gasteiger partial charge is 0.310 e. The molecule has 1 aromatic carbocycles. The lowest BCUT2D eigenvalue weighted by atomic mass is 9.91. The Hall–Kier alpha value is -3.30. The smallest absolute Gasteiger partial charge is 0.267 e. The molecule has 1 N–H and O–H groups in total. The minimum atomic E-state index is -0.0486. The first-order valence-electron chi connectivity index (χ1n) is 9.95. The third-order valence-electron chi connectivity index (χ3n) is 5.49. The number of hydrogen-bond acceptors (Lipinski definition) is 5. The van der Waals surface area contributed by atoms with Crippen LogP contribution in [-0.4, -0.2) is 20.8 Å². The van der Waals surface area contributed by atoms with Gasteiger partial charge in [0.1, 0.15) is 0 Å². The molecule has 1 fully saturated rings.